The van der Waals surface area contributed by atoms with Gasteiger partial charge in [0.05, 0.1) is 17.3 Å². The highest BCUT2D eigenvalue weighted by Crippen LogP contribution is 2.30. The van der Waals surface area contributed by atoms with E-state index in [2.05, 4.69) is 36.8 Å². The second-order valence-electron chi connectivity index (χ2n) is 5.41. The number of amides is 1. The van der Waals surface area contributed by atoms with Crippen LogP contribution in [0.5, 0.6) is 0 Å². The molecule has 1 aliphatic rings. The second kappa shape index (κ2) is 8.15. The van der Waals surface area contributed by atoms with Crippen molar-refractivity contribution in [2.75, 3.05) is 18.4 Å². The lowest BCUT2D eigenvalue weighted by molar-refractivity contribution is -0.115. The van der Waals surface area contributed by atoms with Crippen molar-refractivity contribution < 1.29 is 4.79 Å². The topological polar surface area (TPSA) is 69.8 Å². The molecule has 5 nitrogen and oxygen atoms in total. The molecule has 0 radical (unpaired) electrons. The molecule has 0 unspecified atom stereocenters. The highest BCUT2D eigenvalue weighted by atomic mass is 79.9. The first-order valence-electron chi connectivity index (χ1n) is 7.13. The molecule has 0 bridgehead atoms. The second-order valence-corrected chi connectivity index (χ2v) is 6.74. The molecule has 1 heterocycles. The van der Waals surface area contributed by atoms with Crippen molar-refractivity contribution in [2.24, 2.45) is 5.92 Å². The Bertz CT molecular complexity index is 688. The number of aromatic nitrogens is 2. The third-order valence-electron chi connectivity index (χ3n) is 3.48. The zero-order valence-electron chi connectivity index (χ0n) is 12.2. The number of nitrogens with one attached hydrogen (secondary N) is 3. The molecule has 0 spiro atoms. The van der Waals surface area contributed by atoms with Crippen molar-refractivity contribution in [3.05, 3.63) is 33.8 Å². The molecule has 1 fully saturated rings. The molecule has 1 aliphatic carbocycles. The van der Waals surface area contributed by atoms with Crippen LogP contribution >= 0.6 is 39.9 Å². The number of rotatable bonds is 6. The maximum Gasteiger partial charge on any atom is 0.239 e. The number of nitrogens with zero attached hydrogens (tertiary/aromatic N) is 1. The van der Waals surface area contributed by atoms with E-state index in [1.807, 2.05) is 18.2 Å². The number of carbonyl (C=O) groups is 1. The molecule has 2 aromatic rings. The summed E-state index contributed by atoms with van der Waals surface area (Å²) in [7, 11) is 0. The molecule has 1 amide bonds. The number of aromatic amines is 1. The van der Waals surface area contributed by atoms with Gasteiger partial charge in [-0.3, -0.25) is 9.89 Å². The van der Waals surface area contributed by atoms with E-state index in [4.69, 9.17) is 11.6 Å². The maximum absolute atomic E-state index is 11.8. The summed E-state index contributed by atoms with van der Waals surface area (Å²) in [6.45, 7) is 1.21. The van der Waals surface area contributed by atoms with E-state index in [9.17, 15) is 4.79 Å². The third-order valence-corrected chi connectivity index (χ3v) is 4.30. The summed E-state index contributed by atoms with van der Waals surface area (Å²) in [5.41, 5.74) is 1.59. The van der Waals surface area contributed by atoms with Gasteiger partial charge in [-0.25, -0.2) is 0 Å². The van der Waals surface area contributed by atoms with Crippen LogP contribution < -0.4 is 10.6 Å². The van der Waals surface area contributed by atoms with Crippen molar-refractivity contribution in [1.82, 2.24) is 15.5 Å². The van der Waals surface area contributed by atoms with Crippen LogP contribution in [0, 0.1) is 5.92 Å². The fraction of sp³-hybridized carbons (Fsp3) is 0.333. The molecule has 8 heteroatoms. The molecular formula is C15H17BrCl2N4O. The first-order valence-corrected chi connectivity index (χ1v) is 8.30. The molecule has 0 saturated heterocycles. The van der Waals surface area contributed by atoms with Crippen molar-refractivity contribution in [3.8, 4) is 11.3 Å². The lowest BCUT2D eigenvalue weighted by Gasteiger charge is -2.03. The summed E-state index contributed by atoms with van der Waals surface area (Å²) >= 11 is 9.60. The highest BCUT2D eigenvalue weighted by Gasteiger charge is 2.20. The van der Waals surface area contributed by atoms with E-state index in [0.717, 1.165) is 28.2 Å². The fourth-order valence-electron chi connectivity index (χ4n) is 2.13. The van der Waals surface area contributed by atoms with Gasteiger partial charge in [0.25, 0.3) is 0 Å². The molecule has 1 aromatic heterocycles. The molecule has 23 heavy (non-hydrogen) atoms. The Hall–Kier alpha value is -1.08. The number of H-pyrrole nitrogens is 1. The van der Waals surface area contributed by atoms with Gasteiger partial charge in [0, 0.05) is 16.1 Å². The predicted molar refractivity (Wildman–Crippen MR) is 98.2 cm³/mol. The number of hydrogen-bond donors (Lipinski definition) is 3. The summed E-state index contributed by atoms with van der Waals surface area (Å²) in [4.78, 5) is 11.8. The quantitative estimate of drug-likeness (QED) is 0.665. The van der Waals surface area contributed by atoms with E-state index in [-0.39, 0.29) is 18.3 Å². The average Bonchev–Trinajstić information content (AvgIpc) is 3.19. The SMILES string of the molecule is Cl.O=C(CNCC1CC1)Nc1cc(-c2cc(Br)ccc2Cl)[nH]n1. The number of benzene rings is 1. The van der Waals surface area contributed by atoms with Crippen LogP contribution in [0.1, 0.15) is 12.8 Å². The van der Waals surface area contributed by atoms with Gasteiger partial charge in [-0.05, 0) is 43.5 Å². The van der Waals surface area contributed by atoms with Crippen LogP contribution in [0.25, 0.3) is 11.3 Å². The molecule has 124 valence electrons. The van der Waals surface area contributed by atoms with Crippen LogP contribution in [0.3, 0.4) is 0 Å². The molecular weight excluding hydrogens is 403 g/mol. The minimum absolute atomic E-state index is 0. The van der Waals surface area contributed by atoms with E-state index in [1.165, 1.54) is 12.8 Å². The van der Waals surface area contributed by atoms with Crippen molar-refractivity contribution in [1.29, 1.82) is 0 Å². The van der Waals surface area contributed by atoms with Gasteiger partial charge in [-0.15, -0.1) is 12.4 Å². The lowest BCUT2D eigenvalue weighted by Crippen LogP contribution is -2.29. The average molecular weight is 420 g/mol. The Morgan fingerprint density at radius 2 is 2.17 bits per heavy atom. The Balaban J connectivity index is 0.00000192. The van der Waals surface area contributed by atoms with Gasteiger partial charge < -0.3 is 10.6 Å². The molecule has 1 aromatic carbocycles. The van der Waals surface area contributed by atoms with Gasteiger partial charge in [-0.2, -0.15) is 5.10 Å². The smallest absolute Gasteiger partial charge is 0.239 e. The fourth-order valence-corrected chi connectivity index (χ4v) is 2.71. The summed E-state index contributed by atoms with van der Waals surface area (Å²) in [5, 5.41) is 13.5. The number of anilines is 1. The molecule has 0 aliphatic heterocycles. The van der Waals surface area contributed by atoms with E-state index in [1.54, 1.807) is 6.07 Å². The summed E-state index contributed by atoms with van der Waals surface area (Å²) in [6.07, 6.45) is 2.54. The van der Waals surface area contributed by atoms with Crippen molar-refractivity contribution >= 4 is 51.7 Å². The van der Waals surface area contributed by atoms with Crippen LogP contribution in [0.2, 0.25) is 5.02 Å². The van der Waals surface area contributed by atoms with E-state index in [0.29, 0.717) is 17.4 Å². The lowest BCUT2D eigenvalue weighted by atomic mass is 10.1. The van der Waals surface area contributed by atoms with Gasteiger partial charge in [0.2, 0.25) is 5.91 Å². The summed E-state index contributed by atoms with van der Waals surface area (Å²) in [5.74, 6) is 1.15. The van der Waals surface area contributed by atoms with Crippen molar-refractivity contribution in [2.45, 2.75) is 12.8 Å². The predicted octanol–water partition coefficient (Wildman–Crippen LogP) is 3.85. The highest BCUT2D eigenvalue weighted by molar-refractivity contribution is 9.10. The maximum atomic E-state index is 11.8. The zero-order chi connectivity index (χ0) is 15.5. The van der Waals surface area contributed by atoms with Gasteiger partial charge in [0.15, 0.2) is 5.82 Å². The molecule has 3 N–H and O–H groups in total. The number of carbonyl (C=O) groups excluding carboxylic acids is 1. The van der Waals surface area contributed by atoms with E-state index >= 15 is 0 Å². The van der Waals surface area contributed by atoms with Crippen molar-refractivity contribution in [3.63, 3.8) is 0 Å². The zero-order valence-corrected chi connectivity index (χ0v) is 15.4. The van der Waals surface area contributed by atoms with Crippen LogP contribution in [0.4, 0.5) is 5.82 Å². The Morgan fingerprint density at radius 3 is 2.91 bits per heavy atom. The molecule has 3 rings (SSSR count). The number of hydrogen-bond acceptors (Lipinski definition) is 3. The minimum atomic E-state index is -0.0981. The largest absolute Gasteiger partial charge is 0.308 e. The Morgan fingerprint density at radius 1 is 1.39 bits per heavy atom. The normalized spacial score (nSPS) is 13.5. The Labute approximate surface area is 154 Å². The first kappa shape index (κ1) is 18.3. The van der Waals surface area contributed by atoms with Crippen LogP contribution in [-0.2, 0) is 4.79 Å². The number of halogens is 3. The van der Waals surface area contributed by atoms with Crippen LogP contribution in [0.15, 0.2) is 28.7 Å². The molecule has 1 saturated carbocycles. The summed E-state index contributed by atoms with van der Waals surface area (Å²) < 4.78 is 0.927. The van der Waals surface area contributed by atoms with E-state index < -0.39 is 0 Å². The first-order chi connectivity index (χ1) is 10.6. The summed E-state index contributed by atoms with van der Waals surface area (Å²) in [6, 6.07) is 7.35. The van der Waals surface area contributed by atoms with Gasteiger partial charge >= 0.3 is 0 Å². The Kier molecular flexibility index (Phi) is 6.47. The van der Waals surface area contributed by atoms with Gasteiger partial charge in [-0.1, -0.05) is 27.5 Å². The molecule has 0 atom stereocenters. The van der Waals surface area contributed by atoms with Gasteiger partial charge in [0.1, 0.15) is 0 Å². The van der Waals surface area contributed by atoms with Crippen LogP contribution in [-0.4, -0.2) is 29.2 Å². The minimum Gasteiger partial charge on any atom is -0.308 e. The third kappa shape index (κ3) is 5.21. The standard InChI is InChI=1S/C15H16BrClN4O.ClH/c16-10-3-4-12(17)11(5-10)13-6-14(21-20-13)19-15(22)8-18-7-9-1-2-9;/h3-6,9,18H,1-2,7-8H2,(H2,19,20,21,22);1H. The monoisotopic (exact) mass is 418 g/mol.